The van der Waals surface area contributed by atoms with Crippen LogP contribution in [0.25, 0.3) is 6.08 Å². The third-order valence-electron chi connectivity index (χ3n) is 5.19. The normalized spacial score (nSPS) is 14.7. The molecule has 1 heterocycles. The van der Waals surface area contributed by atoms with Crippen molar-refractivity contribution in [1.82, 2.24) is 4.90 Å². The highest BCUT2D eigenvalue weighted by molar-refractivity contribution is 9.10. The molecule has 1 fully saturated rings. The molecule has 0 radical (unpaired) electrons. The van der Waals surface area contributed by atoms with Gasteiger partial charge in [-0.15, -0.1) is 0 Å². The number of thioether (sulfide) groups is 1. The monoisotopic (exact) mass is 557 g/mol. The number of amides is 2. The largest absolute Gasteiger partial charge is 0.493 e. The van der Waals surface area contributed by atoms with Crippen molar-refractivity contribution in [2.24, 2.45) is 0 Å². The van der Waals surface area contributed by atoms with Gasteiger partial charge in [0.05, 0.1) is 16.5 Å². The van der Waals surface area contributed by atoms with Crippen molar-refractivity contribution in [1.29, 1.82) is 0 Å². The van der Waals surface area contributed by atoms with Crippen LogP contribution in [0.3, 0.4) is 0 Å². The fourth-order valence-electron chi connectivity index (χ4n) is 3.43. The van der Waals surface area contributed by atoms with Crippen LogP contribution in [-0.4, -0.2) is 29.7 Å². The summed E-state index contributed by atoms with van der Waals surface area (Å²) >= 11 is 10.4. The summed E-state index contributed by atoms with van der Waals surface area (Å²) in [5.74, 6) is 0.771. The lowest BCUT2D eigenvalue weighted by atomic mass is 10.1. The van der Waals surface area contributed by atoms with E-state index in [1.54, 1.807) is 19.3 Å². The number of hydrogen-bond acceptors (Lipinski definition) is 5. The average Bonchev–Trinajstić information content (AvgIpc) is 3.10. The number of rotatable bonds is 8. The van der Waals surface area contributed by atoms with E-state index in [-0.39, 0.29) is 11.1 Å². The Labute approximate surface area is 215 Å². The number of benzene rings is 3. The van der Waals surface area contributed by atoms with Crippen molar-refractivity contribution >= 4 is 56.5 Å². The molecule has 0 bridgehead atoms. The summed E-state index contributed by atoms with van der Waals surface area (Å²) in [4.78, 5) is 27.0. The average molecular weight is 559 g/mol. The Morgan fingerprint density at radius 1 is 1.03 bits per heavy atom. The summed E-state index contributed by atoms with van der Waals surface area (Å²) in [7, 11) is 1.55. The number of nitrogens with zero attached hydrogens (tertiary/aromatic N) is 1. The molecule has 0 aliphatic carbocycles. The van der Waals surface area contributed by atoms with E-state index in [1.165, 1.54) is 4.90 Å². The molecule has 8 heteroatoms. The molecule has 0 spiro atoms. The van der Waals surface area contributed by atoms with Gasteiger partial charge in [0.25, 0.3) is 11.1 Å². The SMILES string of the molecule is COc1cc(/C=C2\SC(=O)N(CCc3ccccc3)C2=O)cc(Br)c1OCc1ccc(Cl)cc1. The lowest BCUT2D eigenvalue weighted by Gasteiger charge is -2.14. The molecule has 3 aromatic rings. The van der Waals surface area contributed by atoms with Crippen molar-refractivity contribution in [3.63, 3.8) is 0 Å². The fourth-order valence-corrected chi connectivity index (χ4v) is 4.99. The fraction of sp³-hybridized carbons (Fsp3) is 0.154. The Bertz CT molecular complexity index is 1230. The van der Waals surface area contributed by atoms with E-state index < -0.39 is 0 Å². The number of hydrogen-bond donors (Lipinski definition) is 0. The summed E-state index contributed by atoms with van der Waals surface area (Å²) < 4.78 is 12.2. The molecule has 0 N–H and O–H groups in total. The van der Waals surface area contributed by atoms with E-state index in [4.69, 9.17) is 21.1 Å². The van der Waals surface area contributed by atoms with Crippen molar-refractivity contribution in [3.05, 3.63) is 97.8 Å². The van der Waals surface area contributed by atoms with Crippen LogP contribution < -0.4 is 9.47 Å². The molecule has 1 saturated heterocycles. The second-order valence-electron chi connectivity index (χ2n) is 7.52. The van der Waals surface area contributed by atoms with Crippen LogP contribution in [0.1, 0.15) is 16.7 Å². The third-order valence-corrected chi connectivity index (χ3v) is 6.93. The maximum Gasteiger partial charge on any atom is 0.293 e. The van der Waals surface area contributed by atoms with Crippen LogP contribution in [0, 0.1) is 0 Å². The van der Waals surface area contributed by atoms with Crippen LogP contribution in [0.15, 0.2) is 76.1 Å². The molecule has 0 saturated carbocycles. The predicted molar refractivity (Wildman–Crippen MR) is 139 cm³/mol. The highest BCUT2D eigenvalue weighted by atomic mass is 79.9. The van der Waals surface area contributed by atoms with E-state index in [9.17, 15) is 9.59 Å². The number of carbonyl (C=O) groups is 2. The van der Waals surface area contributed by atoms with E-state index in [2.05, 4.69) is 15.9 Å². The van der Waals surface area contributed by atoms with Crippen LogP contribution in [0.4, 0.5) is 4.79 Å². The van der Waals surface area contributed by atoms with Crippen molar-refractivity contribution in [2.75, 3.05) is 13.7 Å². The van der Waals surface area contributed by atoms with Gasteiger partial charge in [-0.2, -0.15) is 0 Å². The molecule has 3 aromatic carbocycles. The highest BCUT2D eigenvalue weighted by Crippen LogP contribution is 2.39. The zero-order valence-electron chi connectivity index (χ0n) is 18.3. The molecule has 4 rings (SSSR count). The minimum absolute atomic E-state index is 0.263. The summed E-state index contributed by atoms with van der Waals surface area (Å²) in [5.41, 5.74) is 2.76. The van der Waals surface area contributed by atoms with Crippen LogP contribution in [-0.2, 0) is 17.8 Å². The molecule has 34 heavy (non-hydrogen) atoms. The topological polar surface area (TPSA) is 55.8 Å². The van der Waals surface area contributed by atoms with E-state index >= 15 is 0 Å². The Morgan fingerprint density at radius 3 is 2.47 bits per heavy atom. The molecule has 1 aliphatic rings. The molecular weight excluding hydrogens is 538 g/mol. The van der Waals surface area contributed by atoms with Crippen molar-refractivity contribution < 1.29 is 19.1 Å². The molecule has 174 valence electrons. The maximum atomic E-state index is 12.9. The molecule has 0 atom stereocenters. The summed E-state index contributed by atoms with van der Waals surface area (Å²) in [5, 5.41) is 0.400. The molecular formula is C26H21BrClNO4S. The smallest absolute Gasteiger partial charge is 0.293 e. The minimum atomic E-state index is -0.288. The number of carbonyl (C=O) groups excluding carboxylic acids is 2. The van der Waals surface area contributed by atoms with Crippen LogP contribution in [0.2, 0.25) is 5.02 Å². The minimum Gasteiger partial charge on any atom is -0.493 e. The Balaban J connectivity index is 1.48. The van der Waals surface area contributed by atoms with Gasteiger partial charge in [-0.3, -0.25) is 14.5 Å². The number of halogens is 2. The molecule has 5 nitrogen and oxygen atoms in total. The first-order chi connectivity index (χ1) is 16.4. The van der Waals surface area contributed by atoms with Gasteiger partial charge in [0.15, 0.2) is 11.5 Å². The lowest BCUT2D eigenvalue weighted by molar-refractivity contribution is -0.122. The Kier molecular flexibility index (Phi) is 7.98. The van der Waals surface area contributed by atoms with Gasteiger partial charge in [-0.1, -0.05) is 54.1 Å². The quantitative estimate of drug-likeness (QED) is 0.280. The maximum absolute atomic E-state index is 12.9. The summed E-state index contributed by atoms with van der Waals surface area (Å²) in [6.07, 6.45) is 2.31. The van der Waals surface area contributed by atoms with Gasteiger partial charge in [0.1, 0.15) is 6.61 Å². The first-order valence-electron chi connectivity index (χ1n) is 10.5. The molecule has 0 unspecified atom stereocenters. The van der Waals surface area contributed by atoms with Gasteiger partial charge < -0.3 is 9.47 Å². The number of imide groups is 1. The van der Waals surface area contributed by atoms with E-state index in [0.29, 0.717) is 45.5 Å². The Hall–Kier alpha value is -2.74. The first kappa shape index (κ1) is 24.4. The molecule has 1 aliphatic heterocycles. The van der Waals surface area contributed by atoms with Crippen molar-refractivity contribution in [2.45, 2.75) is 13.0 Å². The van der Waals surface area contributed by atoms with Gasteiger partial charge in [-0.25, -0.2) is 0 Å². The molecule has 0 aromatic heterocycles. The second kappa shape index (κ2) is 11.1. The Morgan fingerprint density at radius 2 is 1.76 bits per heavy atom. The van der Waals surface area contributed by atoms with Gasteiger partial charge in [0.2, 0.25) is 0 Å². The second-order valence-corrected chi connectivity index (χ2v) is 9.80. The highest BCUT2D eigenvalue weighted by Gasteiger charge is 2.34. The number of methoxy groups -OCH3 is 1. The van der Waals surface area contributed by atoms with Gasteiger partial charge in [-0.05, 0) is 81.1 Å². The standard InChI is InChI=1S/C26H21BrClNO4S/c1-32-22-14-19(13-21(27)24(22)33-16-18-7-9-20(28)10-8-18)15-23-25(30)29(26(31)34-23)12-11-17-5-3-2-4-6-17/h2-10,13-15H,11-12,16H2,1H3/b23-15-. The van der Waals surface area contributed by atoms with Gasteiger partial charge >= 0.3 is 0 Å². The lowest BCUT2D eigenvalue weighted by Crippen LogP contribution is -2.30. The first-order valence-corrected chi connectivity index (χ1v) is 12.5. The van der Waals surface area contributed by atoms with E-state index in [1.807, 2.05) is 60.7 Å². The zero-order chi connectivity index (χ0) is 24.1. The summed E-state index contributed by atoms with van der Waals surface area (Å²) in [6.45, 7) is 0.683. The van der Waals surface area contributed by atoms with E-state index in [0.717, 1.165) is 28.5 Å². The third kappa shape index (κ3) is 5.84. The predicted octanol–water partition coefficient (Wildman–Crippen LogP) is 6.97. The van der Waals surface area contributed by atoms with Crippen LogP contribution >= 0.6 is 39.3 Å². The summed E-state index contributed by atoms with van der Waals surface area (Å²) in [6, 6.07) is 20.8. The molecule has 2 amide bonds. The van der Waals surface area contributed by atoms with Crippen molar-refractivity contribution in [3.8, 4) is 11.5 Å². The zero-order valence-corrected chi connectivity index (χ0v) is 21.5. The number of ether oxygens (including phenoxy) is 2. The van der Waals surface area contributed by atoms with Crippen LogP contribution in [0.5, 0.6) is 11.5 Å². The van der Waals surface area contributed by atoms with Gasteiger partial charge in [0, 0.05) is 11.6 Å².